The highest BCUT2D eigenvalue weighted by Crippen LogP contribution is 2.19. The molecular weight excluding hydrogens is 412 g/mol. The first-order chi connectivity index (χ1) is 11.9. The van der Waals surface area contributed by atoms with Gasteiger partial charge in [0.1, 0.15) is 11.5 Å². The summed E-state index contributed by atoms with van der Waals surface area (Å²) in [6.07, 6.45) is -0.788. The summed E-state index contributed by atoms with van der Waals surface area (Å²) in [4.78, 5) is 23.6. The fourth-order valence-electron chi connectivity index (χ4n) is 1.77. The predicted molar refractivity (Wildman–Crippen MR) is 97.5 cm³/mol. The Bertz CT molecular complexity index is 757. The second-order valence-corrected chi connectivity index (χ2v) is 6.35. The number of rotatable bonds is 6. The van der Waals surface area contributed by atoms with Gasteiger partial charge in [-0.1, -0.05) is 39.7 Å². The van der Waals surface area contributed by atoms with Gasteiger partial charge >= 0.3 is 0 Å². The maximum absolute atomic E-state index is 11.9. The van der Waals surface area contributed by atoms with Crippen LogP contribution in [-0.2, 0) is 9.59 Å². The molecular formula is C17H16BrClN2O4. The summed E-state index contributed by atoms with van der Waals surface area (Å²) in [6, 6.07) is 13.8. The molecule has 0 bridgehead atoms. The van der Waals surface area contributed by atoms with Crippen LogP contribution in [0.5, 0.6) is 11.5 Å². The first-order valence-corrected chi connectivity index (χ1v) is 8.50. The second kappa shape index (κ2) is 9.29. The lowest BCUT2D eigenvalue weighted by Crippen LogP contribution is -2.48. The van der Waals surface area contributed by atoms with E-state index in [9.17, 15) is 9.59 Å². The normalized spacial score (nSPS) is 11.3. The quantitative estimate of drug-likeness (QED) is 0.695. The fourth-order valence-corrected chi connectivity index (χ4v) is 2.33. The van der Waals surface area contributed by atoms with Crippen LogP contribution in [0.25, 0.3) is 0 Å². The van der Waals surface area contributed by atoms with Crippen molar-refractivity contribution in [2.75, 3.05) is 6.61 Å². The van der Waals surface area contributed by atoms with Gasteiger partial charge in [-0.3, -0.25) is 20.4 Å². The zero-order chi connectivity index (χ0) is 18.2. The molecule has 2 aromatic rings. The summed E-state index contributed by atoms with van der Waals surface area (Å²) in [5, 5.41) is 0.504. The highest BCUT2D eigenvalue weighted by Gasteiger charge is 2.15. The fraction of sp³-hybridized carbons (Fsp3) is 0.176. The molecule has 0 saturated heterocycles. The van der Waals surface area contributed by atoms with E-state index in [2.05, 4.69) is 26.8 Å². The molecule has 6 nitrogen and oxygen atoms in total. The number of carbonyl (C=O) groups is 2. The molecule has 0 aromatic heterocycles. The van der Waals surface area contributed by atoms with Gasteiger partial charge in [0.05, 0.1) is 0 Å². The van der Waals surface area contributed by atoms with E-state index in [1.165, 1.54) is 0 Å². The van der Waals surface area contributed by atoms with E-state index in [0.717, 1.165) is 4.47 Å². The monoisotopic (exact) mass is 426 g/mol. The summed E-state index contributed by atoms with van der Waals surface area (Å²) >= 11 is 9.14. The van der Waals surface area contributed by atoms with Gasteiger partial charge in [0.25, 0.3) is 11.8 Å². The Hall–Kier alpha value is -2.25. The molecule has 0 aliphatic carbocycles. The Balaban J connectivity index is 1.74. The van der Waals surface area contributed by atoms with Crippen molar-refractivity contribution < 1.29 is 19.1 Å². The van der Waals surface area contributed by atoms with Gasteiger partial charge in [-0.2, -0.15) is 0 Å². The Kier molecular flexibility index (Phi) is 7.09. The minimum absolute atomic E-state index is 0.262. The number of halogens is 2. The molecule has 0 aliphatic heterocycles. The van der Waals surface area contributed by atoms with Crippen LogP contribution in [0.3, 0.4) is 0 Å². The van der Waals surface area contributed by atoms with Gasteiger partial charge in [0.15, 0.2) is 12.7 Å². The van der Waals surface area contributed by atoms with E-state index in [0.29, 0.717) is 16.5 Å². The van der Waals surface area contributed by atoms with Crippen LogP contribution in [0.15, 0.2) is 53.0 Å². The molecule has 25 heavy (non-hydrogen) atoms. The van der Waals surface area contributed by atoms with E-state index in [4.69, 9.17) is 21.1 Å². The Labute approximate surface area is 158 Å². The number of ether oxygens (including phenoxy) is 2. The summed E-state index contributed by atoms with van der Waals surface area (Å²) in [5.41, 5.74) is 4.54. The maximum atomic E-state index is 11.9. The van der Waals surface area contributed by atoms with E-state index in [1.807, 2.05) is 6.07 Å². The van der Waals surface area contributed by atoms with E-state index in [-0.39, 0.29) is 6.61 Å². The Morgan fingerprint density at radius 3 is 2.56 bits per heavy atom. The largest absolute Gasteiger partial charge is 0.484 e. The van der Waals surface area contributed by atoms with Crippen LogP contribution >= 0.6 is 27.5 Å². The lowest BCUT2D eigenvalue weighted by Gasteiger charge is -2.15. The number of nitrogens with one attached hydrogen (secondary N) is 2. The molecule has 2 N–H and O–H groups in total. The maximum Gasteiger partial charge on any atom is 0.279 e. The molecule has 0 heterocycles. The third kappa shape index (κ3) is 6.64. The van der Waals surface area contributed by atoms with Gasteiger partial charge in [-0.05, 0) is 43.3 Å². The number of carbonyl (C=O) groups excluding carboxylic acids is 2. The Morgan fingerprint density at radius 2 is 1.84 bits per heavy atom. The van der Waals surface area contributed by atoms with Crippen molar-refractivity contribution in [2.45, 2.75) is 13.0 Å². The van der Waals surface area contributed by atoms with Crippen molar-refractivity contribution in [3.8, 4) is 11.5 Å². The summed E-state index contributed by atoms with van der Waals surface area (Å²) in [5.74, 6) is -0.00737. The smallest absolute Gasteiger partial charge is 0.279 e. The van der Waals surface area contributed by atoms with Gasteiger partial charge in [-0.15, -0.1) is 0 Å². The number of hydrogen-bond donors (Lipinski definition) is 2. The molecule has 2 amide bonds. The van der Waals surface area contributed by atoms with E-state index in [1.54, 1.807) is 49.4 Å². The van der Waals surface area contributed by atoms with Crippen molar-refractivity contribution in [3.05, 3.63) is 58.0 Å². The summed E-state index contributed by atoms with van der Waals surface area (Å²) in [7, 11) is 0. The van der Waals surface area contributed by atoms with Gasteiger partial charge in [-0.25, -0.2) is 0 Å². The molecule has 1 unspecified atom stereocenters. The number of benzene rings is 2. The number of amides is 2. The topological polar surface area (TPSA) is 76.7 Å². The molecule has 0 saturated carbocycles. The van der Waals surface area contributed by atoms with Crippen LogP contribution < -0.4 is 20.3 Å². The predicted octanol–water partition coefficient (Wildman–Crippen LogP) is 3.10. The molecule has 132 valence electrons. The first-order valence-electron chi connectivity index (χ1n) is 7.33. The molecule has 0 aliphatic rings. The zero-order valence-corrected chi connectivity index (χ0v) is 15.6. The third-order valence-corrected chi connectivity index (χ3v) is 3.70. The van der Waals surface area contributed by atoms with E-state index >= 15 is 0 Å². The van der Waals surface area contributed by atoms with Gasteiger partial charge in [0.2, 0.25) is 0 Å². The number of hydrazine groups is 1. The lowest BCUT2D eigenvalue weighted by molar-refractivity contribution is -0.133. The van der Waals surface area contributed by atoms with Crippen molar-refractivity contribution in [3.63, 3.8) is 0 Å². The van der Waals surface area contributed by atoms with Crippen molar-refractivity contribution >= 4 is 39.3 Å². The van der Waals surface area contributed by atoms with Crippen molar-refractivity contribution in [1.82, 2.24) is 10.9 Å². The van der Waals surface area contributed by atoms with Crippen LogP contribution in [-0.4, -0.2) is 24.5 Å². The first kappa shape index (κ1) is 19.1. The highest BCUT2D eigenvalue weighted by molar-refractivity contribution is 9.10. The summed E-state index contributed by atoms with van der Waals surface area (Å²) in [6.45, 7) is 1.31. The summed E-state index contributed by atoms with van der Waals surface area (Å²) < 4.78 is 11.6. The third-order valence-electron chi connectivity index (χ3n) is 2.97. The SMILES string of the molecule is CC(Oc1cccc(Br)c1)C(=O)NNC(=O)COc1cccc(Cl)c1. The van der Waals surface area contributed by atoms with Crippen molar-refractivity contribution in [2.24, 2.45) is 0 Å². The minimum Gasteiger partial charge on any atom is -0.484 e. The molecule has 0 fully saturated rings. The van der Waals surface area contributed by atoms with Gasteiger partial charge in [0, 0.05) is 9.50 Å². The zero-order valence-electron chi connectivity index (χ0n) is 13.3. The minimum atomic E-state index is -0.788. The molecule has 8 heteroatoms. The highest BCUT2D eigenvalue weighted by atomic mass is 79.9. The number of hydrogen-bond acceptors (Lipinski definition) is 4. The molecule has 1 atom stereocenters. The van der Waals surface area contributed by atoms with Crippen LogP contribution in [0, 0.1) is 0 Å². The Morgan fingerprint density at radius 1 is 1.12 bits per heavy atom. The molecule has 0 spiro atoms. The average molecular weight is 428 g/mol. The lowest BCUT2D eigenvalue weighted by atomic mass is 10.3. The molecule has 2 rings (SSSR count). The van der Waals surface area contributed by atoms with E-state index < -0.39 is 17.9 Å². The average Bonchev–Trinajstić information content (AvgIpc) is 2.58. The standard InChI is InChI=1S/C17H16BrClN2O4/c1-11(25-15-7-2-4-12(18)8-15)17(23)21-20-16(22)10-24-14-6-3-5-13(19)9-14/h2-9,11H,10H2,1H3,(H,20,22)(H,21,23). The van der Waals surface area contributed by atoms with Crippen molar-refractivity contribution in [1.29, 1.82) is 0 Å². The molecule has 2 aromatic carbocycles. The van der Waals surface area contributed by atoms with Crippen LogP contribution in [0.4, 0.5) is 0 Å². The van der Waals surface area contributed by atoms with Crippen LogP contribution in [0.1, 0.15) is 6.92 Å². The second-order valence-electron chi connectivity index (χ2n) is 5.00. The molecule has 0 radical (unpaired) electrons. The van der Waals surface area contributed by atoms with Gasteiger partial charge < -0.3 is 9.47 Å². The van der Waals surface area contributed by atoms with Crippen LogP contribution in [0.2, 0.25) is 5.02 Å².